The molecule has 0 spiro atoms. The standard InChI is InChI=1S/C8H10ClNO2/c1-2-12-6-10-5-7(9)3-4-8(10)11/h3-5H,2,6H2,1H3. The van der Waals surface area contributed by atoms with E-state index in [1.807, 2.05) is 6.92 Å². The van der Waals surface area contributed by atoms with E-state index in [0.29, 0.717) is 11.6 Å². The normalized spacial score (nSPS) is 10.2. The third-order valence-electron chi connectivity index (χ3n) is 1.38. The van der Waals surface area contributed by atoms with E-state index in [0.717, 1.165) is 0 Å². The molecule has 0 fully saturated rings. The lowest BCUT2D eigenvalue weighted by molar-refractivity contribution is 0.0854. The van der Waals surface area contributed by atoms with Crippen LogP contribution in [0, 0.1) is 0 Å². The third-order valence-corrected chi connectivity index (χ3v) is 1.61. The minimum Gasteiger partial charge on any atom is -0.361 e. The Balaban J connectivity index is 2.83. The Labute approximate surface area is 75.5 Å². The van der Waals surface area contributed by atoms with Gasteiger partial charge in [0.15, 0.2) is 0 Å². The molecule has 0 bridgehead atoms. The molecule has 1 heterocycles. The summed E-state index contributed by atoms with van der Waals surface area (Å²) in [6.45, 7) is 2.71. The lowest BCUT2D eigenvalue weighted by atomic mass is 10.5. The Bertz CT molecular complexity index is 308. The summed E-state index contributed by atoms with van der Waals surface area (Å²) in [6.07, 6.45) is 1.56. The van der Waals surface area contributed by atoms with Gasteiger partial charge in [0.1, 0.15) is 6.73 Å². The lowest BCUT2D eigenvalue weighted by Gasteiger charge is -2.04. The third kappa shape index (κ3) is 2.36. The van der Waals surface area contributed by atoms with Gasteiger partial charge in [0, 0.05) is 18.9 Å². The van der Waals surface area contributed by atoms with Gasteiger partial charge in [-0.25, -0.2) is 0 Å². The van der Waals surface area contributed by atoms with Gasteiger partial charge >= 0.3 is 0 Å². The van der Waals surface area contributed by atoms with Crippen LogP contribution >= 0.6 is 11.6 Å². The summed E-state index contributed by atoms with van der Waals surface area (Å²) in [5, 5.41) is 0.536. The molecule has 4 heteroatoms. The molecule has 3 nitrogen and oxygen atoms in total. The van der Waals surface area contributed by atoms with Crippen molar-refractivity contribution in [2.45, 2.75) is 13.7 Å². The first-order chi connectivity index (χ1) is 5.74. The monoisotopic (exact) mass is 187 g/mol. The fourth-order valence-electron chi connectivity index (χ4n) is 0.793. The van der Waals surface area contributed by atoms with E-state index in [4.69, 9.17) is 16.3 Å². The Kier molecular flexibility index (Phi) is 3.31. The van der Waals surface area contributed by atoms with Crippen molar-refractivity contribution in [3.63, 3.8) is 0 Å². The molecule has 0 aliphatic heterocycles. The van der Waals surface area contributed by atoms with Gasteiger partial charge in [0.25, 0.3) is 5.56 Å². The molecule has 1 aromatic rings. The molecule has 66 valence electrons. The lowest BCUT2D eigenvalue weighted by Crippen LogP contribution is -2.19. The summed E-state index contributed by atoms with van der Waals surface area (Å²) in [4.78, 5) is 11.1. The number of hydrogen-bond acceptors (Lipinski definition) is 2. The van der Waals surface area contributed by atoms with Crippen LogP contribution in [0.1, 0.15) is 6.92 Å². The predicted molar refractivity (Wildman–Crippen MR) is 47.3 cm³/mol. The maximum absolute atomic E-state index is 11.1. The van der Waals surface area contributed by atoms with Gasteiger partial charge in [0.2, 0.25) is 0 Å². The largest absolute Gasteiger partial charge is 0.361 e. The highest BCUT2D eigenvalue weighted by Gasteiger charge is 1.95. The van der Waals surface area contributed by atoms with E-state index in [-0.39, 0.29) is 12.3 Å². The number of ether oxygens (including phenoxy) is 1. The Morgan fingerprint density at radius 3 is 3.00 bits per heavy atom. The summed E-state index contributed by atoms with van der Waals surface area (Å²) >= 11 is 5.68. The number of pyridine rings is 1. The maximum Gasteiger partial charge on any atom is 0.252 e. The van der Waals surface area contributed by atoms with Crippen molar-refractivity contribution >= 4 is 11.6 Å². The fraction of sp³-hybridized carbons (Fsp3) is 0.375. The summed E-state index contributed by atoms with van der Waals surface area (Å²) in [5.74, 6) is 0. The highest BCUT2D eigenvalue weighted by atomic mass is 35.5. The van der Waals surface area contributed by atoms with E-state index in [1.54, 1.807) is 12.3 Å². The number of halogens is 1. The highest BCUT2D eigenvalue weighted by molar-refractivity contribution is 6.30. The van der Waals surface area contributed by atoms with Crippen molar-refractivity contribution in [1.82, 2.24) is 4.57 Å². The molecule has 0 saturated heterocycles. The van der Waals surface area contributed by atoms with Crippen molar-refractivity contribution in [1.29, 1.82) is 0 Å². The van der Waals surface area contributed by atoms with Crippen LogP contribution in [0.25, 0.3) is 0 Å². The molecule has 0 radical (unpaired) electrons. The molecular formula is C8H10ClNO2. The Hall–Kier alpha value is -0.800. The molecule has 0 amide bonds. The number of nitrogens with zero attached hydrogens (tertiary/aromatic N) is 1. The van der Waals surface area contributed by atoms with Crippen LogP contribution in [0.3, 0.4) is 0 Å². The predicted octanol–water partition coefficient (Wildman–Crippen LogP) is 1.50. The molecule has 1 aromatic heterocycles. The van der Waals surface area contributed by atoms with Crippen molar-refractivity contribution in [2.24, 2.45) is 0 Å². The zero-order chi connectivity index (χ0) is 8.97. The van der Waals surface area contributed by atoms with Crippen LogP contribution in [-0.2, 0) is 11.5 Å². The first-order valence-corrected chi connectivity index (χ1v) is 4.05. The minimum absolute atomic E-state index is 0.104. The maximum atomic E-state index is 11.1. The van der Waals surface area contributed by atoms with E-state index >= 15 is 0 Å². The Morgan fingerprint density at radius 2 is 2.33 bits per heavy atom. The van der Waals surface area contributed by atoms with Crippen LogP contribution in [0.15, 0.2) is 23.1 Å². The van der Waals surface area contributed by atoms with Gasteiger partial charge in [-0.15, -0.1) is 0 Å². The van der Waals surface area contributed by atoms with Gasteiger partial charge in [-0.1, -0.05) is 11.6 Å². The van der Waals surface area contributed by atoms with Crippen LogP contribution in [-0.4, -0.2) is 11.2 Å². The average Bonchev–Trinajstić information content (AvgIpc) is 2.07. The van der Waals surface area contributed by atoms with Gasteiger partial charge in [-0.05, 0) is 13.0 Å². The van der Waals surface area contributed by atoms with Crippen molar-refractivity contribution in [3.05, 3.63) is 33.7 Å². The molecule has 12 heavy (non-hydrogen) atoms. The molecule has 0 aromatic carbocycles. The second-order valence-electron chi connectivity index (χ2n) is 2.28. The summed E-state index contributed by atoms with van der Waals surface area (Å²) in [7, 11) is 0. The first kappa shape index (κ1) is 9.29. The molecule has 0 atom stereocenters. The number of aromatic nitrogens is 1. The van der Waals surface area contributed by atoms with E-state index in [9.17, 15) is 4.79 Å². The molecule has 0 unspecified atom stereocenters. The van der Waals surface area contributed by atoms with Crippen molar-refractivity contribution in [3.8, 4) is 0 Å². The second-order valence-corrected chi connectivity index (χ2v) is 2.71. The highest BCUT2D eigenvalue weighted by Crippen LogP contribution is 2.02. The van der Waals surface area contributed by atoms with Crippen molar-refractivity contribution < 1.29 is 4.74 Å². The van der Waals surface area contributed by atoms with Crippen LogP contribution in [0.4, 0.5) is 0 Å². The van der Waals surface area contributed by atoms with E-state index < -0.39 is 0 Å². The molecule has 0 aliphatic carbocycles. The van der Waals surface area contributed by atoms with E-state index in [1.165, 1.54) is 10.6 Å². The van der Waals surface area contributed by atoms with Crippen LogP contribution in [0.2, 0.25) is 5.02 Å². The zero-order valence-corrected chi connectivity index (χ0v) is 7.54. The molecule has 0 saturated carbocycles. The number of hydrogen-bond donors (Lipinski definition) is 0. The molecule has 0 aliphatic rings. The summed E-state index contributed by atoms with van der Waals surface area (Å²) < 4.78 is 6.48. The van der Waals surface area contributed by atoms with E-state index in [2.05, 4.69) is 0 Å². The second kappa shape index (κ2) is 4.28. The van der Waals surface area contributed by atoms with Gasteiger partial charge in [0.05, 0.1) is 5.02 Å². The first-order valence-electron chi connectivity index (χ1n) is 3.67. The fourth-order valence-corrected chi connectivity index (χ4v) is 0.973. The van der Waals surface area contributed by atoms with Gasteiger partial charge in [-0.3, -0.25) is 9.36 Å². The Morgan fingerprint density at radius 1 is 1.58 bits per heavy atom. The summed E-state index contributed by atoms with van der Waals surface area (Å²) in [5.41, 5.74) is -0.104. The van der Waals surface area contributed by atoms with Crippen molar-refractivity contribution in [2.75, 3.05) is 6.61 Å². The van der Waals surface area contributed by atoms with Crippen LogP contribution < -0.4 is 5.56 Å². The molecular weight excluding hydrogens is 178 g/mol. The molecule has 1 rings (SSSR count). The van der Waals surface area contributed by atoms with Gasteiger partial charge in [-0.2, -0.15) is 0 Å². The van der Waals surface area contributed by atoms with Crippen LogP contribution in [0.5, 0.6) is 0 Å². The smallest absolute Gasteiger partial charge is 0.252 e. The SMILES string of the molecule is CCOCn1cc(Cl)ccc1=O. The average molecular weight is 188 g/mol. The van der Waals surface area contributed by atoms with Gasteiger partial charge < -0.3 is 4.74 Å². The minimum atomic E-state index is -0.104. The zero-order valence-electron chi connectivity index (χ0n) is 6.79. The molecule has 0 N–H and O–H groups in total. The summed E-state index contributed by atoms with van der Waals surface area (Å²) in [6, 6.07) is 2.98. The quantitative estimate of drug-likeness (QED) is 0.718. The number of rotatable bonds is 3. The topological polar surface area (TPSA) is 31.2 Å².